The summed E-state index contributed by atoms with van der Waals surface area (Å²) in [6.07, 6.45) is 15.5. The monoisotopic (exact) mass is 261 g/mol. The second-order valence-electron chi connectivity index (χ2n) is 6.54. The van der Waals surface area contributed by atoms with Crippen molar-refractivity contribution >= 4 is 0 Å². The summed E-state index contributed by atoms with van der Waals surface area (Å²) in [4.78, 5) is 0. The van der Waals surface area contributed by atoms with E-state index in [0.29, 0.717) is 0 Å². The Morgan fingerprint density at radius 2 is 2.05 bits per heavy atom. The Balaban J connectivity index is 1.41. The van der Waals surface area contributed by atoms with Crippen molar-refractivity contribution in [2.75, 3.05) is 6.54 Å². The van der Waals surface area contributed by atoms with Gasteiger partial charge in [-0.15, -0.1) is 0 Å². The van der Waals surface area contributed by atoms with Crippen LogP contribution in [0.1, 0.15) is 50.5 Å². The van der Waals surface area contributed by atoms with Crippen molar-refractivity contribution in [3.8, 4) is 0 Å². The minimum Gasteiger partial charge on any atom is -0.314 e. The van der Waals surface area contributed by atoms with E-state index < -0.39 is 0 Å². The van der Waals surface area contributed by atoms with E-state index in [1.165, 1.54) is 50.5 Å². The van der Waals surface area contributed by atoms with Crippen LogP contribution in [0.25, 0.3) is 0 Å². The van der Waals surface area contributed by atoms with Gasteiger partial charge in [0.15, 0.2) is 0 Å². The molecular weight excluding hydrogens is 234 g/mol. The maximum atomic E-state index is 4.22. The predicted molar refractivity (Wildman–Crippen MR) is 78.0 cm³/mol. The molecule has 0 radical (unpaired) electrons. The molecule has 0 aliphatic heterocycles. The Morgan fingerprint density at radius 3 is 2.84 bits per heavy atom. The number of aromatic nitrogens is 2. The van der Waals surface area contributed by atoms with E-state index in [1.807, 2.05) is 17.9 Å². The van der Waals surface area contributed by atoms with Crippen molar-refractivity contribution in [1.82, 2.24) is 15.1 Å². The fourth-order valence-electron chi connectivity index (χ4n) is 4.08. The van der Waals surface area contributed by atoms with Gasteiger partial charge in [-0.2, -0.15) is 5.10 Å². The van der Waals surface area contributed by atoms with Crippen LogP contribution in [0, 0.1) is 11.8 Å². The Hall–Kier alpha value is -0.830. The van der Waals surface area contributed by atoms with Gasteiger partial charge in [-0.05, 0) is 49.6 Å². The molecule has 106 valence electrons. The summed E-state index contributed by atoms with van der Waals surface area (Å²) >= 11 is 0. The SMILES string of the molecule is Cn1cc(CCNC2CCC3CCCCC3C2)cn1. The van der Waals surface area contributed by atoms with E-state index in [1.54, 1.807) is 0 Å². The van der Waals surface area contributed by atoms with Crippen LogP contribution < -0.4 is 5.32 Å². The van der Waals surface area contributed by atoms with Crippen molar-refractivity contribution in [3.63, 3.8) is 0 Å². The van der Waals surface area contributed by atoms with Crippen LogP contribution in [0.2, 0.25) is 0 Å². The lowest BCUT2D eigenvalue weighted by atomic mass is 9.69. The highest BCUT2D eigenvalue weighted by Gasteiger charge is 2.31. The van der Waals surface area contributed by atoms with Gasteiger partial charge in [0.2, 0.25) is 0 Å². The van der Waals surface area contributed by atoms with Crippen LogP contribution in [-0.4, -0.2) is 22.4 Å². The number of rotatable bonds is 4. The minimum absolute atomic E-state index is 0.774. The highest BCUT2D eigenvalue weighted by Crippen LogP contribution is 2.40. The number of aryl methyl sites for hydroxylation is 1. The largest absolute Gasteiger partial charge is 0.314 e. The molecular formula is C16H27N3. The zero-order chi connectivity index (χ0) is 13.1. The summed E-state index contributed by atoms with van der Waals surface area (Å²) in [6.45, 7) is 1.10. The van der Waals surface area contributed by atoms with Crippen molar-refractivity contribution in [3.05, 3.63) is 18.0 Å². The maximum absolute atomic E-state index is 4.22. The molecule has 2 aliphatic carbocycles. The molecule has 3 rings (SSSR count). The van der Waals surface area contributed by atoms with Crippen molar-refractivity contribution < 1.29 is 0 Å². The van der Waals surface area contributed by atoms with E-state index in [2.05, 4.69) is 16.6 Å². The van der Waals surface area contributed by atoms with Crippen LogP contribution in [0.5, 0.6) is 0 Å². The molecule has 1 heterocycles. The lowest BCUT2D eigenvalue weighted by Gasteiger charge is -2.39. The number of nitrogens with one attached hydrogen (secondary N) is 1. The Bertz CT molecular complexity index is 398. The lowest BCUT2D eigenvalue weighted by Crippen LogP contribution is -2.39. The van der Waals surface area contributed by atoms with Crippen LogP contribution in [0.4, 0.5) is 0 Å². The third kappa shape index (κ3) is 3.38. The van der Waals surface area contributed by atoms with Crippen LogP contribution in [-0.2, 0) is 13.5 Å². The molecule has 3 unspecified atom stereocenters. The summed E-state index contributed by atoms with van der Waals surface area (Å²) < 4.78 is 1.89. The summed E-state index contributed by atoms with van der Waals surface area (Å²) in [5.41, 5.74) is 1.35. The smallest absolute Gasteiger partial charge is 0.0522 e. The molecule has 0 spiro atoms. The third-order valence-electron chi connectivity index (χ3n) is 5.14. The van der Waals surface area contributed by atoms with E-state index in [4.69, 9.17) is 0 Å². The zero-order valence-corrected chi connectivity index (χ0v) is 12.1. The highest BCUT2D eigenvalue weighted by molar-refractivity contribution is 5.04. The van der Waals surface area contributed by atoms with Crippen LogP contribution >= 0.6 is 0 Å². The Kier molecular flexibility index (Phi) is 4.21. The van der Waals surface area contributed by atoms with E-state index in [0.717, 1.165) is 30.8 Å². The van der Waals surface area contributed by atoms with Crippen molar-refractivity contribution in [2.24, 2.45) is 18.9 Å². The molecule has 1 aromatic rings. The highest BCUT2D eigenvalue weighted by atomic mass is 15.2. The third-order valence-corrected chi connectivity index (χ3v) is 5.14. The molecule has 0 amide bonds. The van der Waals surface area contributed by atoms with Gasteiger partial charge in [0.05, 0.1) is 6.20 Å². The summed E-state index contributed by atoms with van der Waals surface area (Å²) in [7, 11) is 1.99. The van der Waals surface area contributed by atoms with Crippen molar-refractivity contribution in [1.29, 1.82) is 0 Å². The van der Waals surface area contributed by atoms with Gasteiger partial charge in [0, 0.05) is 19.3 Å². The molecule has 0 saturated heterocycles. The summed E-state index contributed by atoms with van der Waals surface area (Å²) in [6, 6.07) is 0.774. The molecule has 2 aliphatic rings. The zero-order valence-electron chi connectivity index (χ0n) is 12.1. The molecule has 1 aromatic heterocycles. The first-order valence-electron chi connectivity index (χ1n) is 8.02. The van der Waals surface area contributed by atoms with Gasteiger partial charge in [-0.3, -0.25) is 4.68 Å². The summed E-state index contributed by atoms with van der Waals surface area (Å²) in [5.74, 6) is 2.09. The van der Waals surface area contributed by atoms with E-state index in [9.17, 15) is 0 Å². The fraction of sp³-hybridized carbons (Fsp3) is 0.812. The molecule has 3 heteroatoms. The topological polar surface area (TPSA) is 29.9 Å². The van der Waals surface area contributed by atoms with Gasteiger partial charge in [0.1, 0.15) is 0 Å². The molecule has 3 nitrogen and oxygen atoms in total. The van der Waals surface area contributed by atoms with Gasteiger partial charge in [-0.1, -0.05) is 25.7 Å². The van der Waals surface area contributed by atoms with Gasteiger partial charge < -0.3 is 5.32 Å². The second kappa shape index (κ2) is 6.08. The quantitative estimate of drug-likeness (QED) is 0.903. The lowest BCUT2D eigenvalue weighted by molar-refractivity contribution is 0.144. The van der Waals surface area contributed by atoms with Crippen LogP contribution in [0.3, 0.4) is 0 Å². The summed E-state index contributed by atoms with van der Waals surface area (Å²) in [5, 5.41) is 8.00. The minimum atomic E-state index is 0.774. The first kappa shape index (κ1) is 13.2. The molecule has 0 bridgehead atoms. The first-order chi connectivity index (χ1) is 9.31. The number of fused-ring (bicyclic) bond motifs is 1. The first-order valence-corrected chi connectivity index (χ1v) is 8.02. The standard InChI is InChI=1S/C16H27N3/c1-19-12-13(11-18-19)8-9-17-16-7-6-14-4-2-3-5-15(14)10-16/h11-12,14-17H,2-10H2,1H3. The number of hydrogen-bond acceptors (Lipinski definition) is 2. The Morgan fingerprint density at radius 1 is 1.21 bits per heavy atom. The molecule has 3 atom stereocenters. The average Bonchev–Trinajstić information content (AvgIpc) is 2.84. The van der Waals surface area contributed by atoms with Gasteiger partial charge in [-0.25, -0.2) is 0 Å². The molecule has 2 fully saturated rings. The van der Waals surface area contributed by atoms with Crippen molar-refractivity contribution in [2.45, 2.75) is 57.4 Å². The van der Waals surface area contributed by atoms with E-state index >= 15 is 0 Å². The maximum Gasteiger partial charge on any atom is 0.0522 e. The molecule has 0 aromatic carbocycles. The fourth-order valence-corrected chi connectivity index (χ4v) is 4.08. The number of hydrogen-bond donors (Lipinski definition) is 1. The van der Waals surface area contributed by atoms with E-state index in [-0.39, 0.29) is 0 Å². The Labute approximate surface area is 116 Å². The normalized spacial score (nSPS) is 31.1. The number of nitrogens with zero attached hydrogens (tertiary/aromatic N) is 2. The van der Waals surface area contributed by atoms with Crippen LogP contribution in [0.15, 0.2) is 12.4 Å². The molecule has 1 N–H and O–H groups in total. The second-order valence-corrected chi connectivity index (χ2v) is 6.54. The predicted octanol–water partition coefficient (Wildman–Crippen LogP) is 2.91. The molecule has 19 heavy (non-hydrogen) atoms. The van der Waals surface area contributed by atoms with Gasteiger partial charge in [0.25, 0.3) is 0 Å². The molecule has 2 saturated carbocycles. The van der Waals surface area contributed by atoms with Gasteiger partial charge >= 0.3 is 0 Å². The average molecular weight is 261 g/mol.